The molecule has 0 spiro atoms. The molecule has 0 saturated carbocycles. The Hall–Kier alpha value is -0.660. The standard InChI is InChI=1S/C16H23N3O2S.2ClH/c17-14-4-2-1-3-13(14)15(20)18-11-16(5-10-22-12-16)19-6-8-21-9-7-19;;/h1-4H,5-12,17H2,(H,18,20);2*1H. The van der Waals surface area contributed by atoms with E-state index in [0.717, 1.165) is 44.2 Å². The Labute approximate surface area is 159 Å². The quantitative estimate of drug-likeness (QED) is 0.766. The number of ether oxygens (including phenoxy) is 1. The molecule has 2 heterocycles. The molecule has 3 rings (SSSR count). The van der Waals surface area contributed by atoms with Gasteiger partial charge in [0, 0.05) is 36.6 Å². The predicted octanol–water partition coefficient (Wildman–Crippen LogP) is 2.05. The molecule has 24 heavy (non-hydrogen) atoms. The molecule has 1 aromatic carbocycles. The third-order valence-electron chi connectivity index (χ3n) is 4.55. The van der Waals surface area contributed by atoms with E-state index in [1.54, 1.807) is 12.1 Å². The second kappa shape index (κ2) is 9.73. The first kappa shape index (κ1) is 21.4. The van der Waals surface area contributed by atoms with Crippen LogP contribution in [0.1, 0.15) is 16.8 Å². The summed E-state index contributed by atoms with van der Waals surface area (Å²) in [6.07, 6.45) is 1.11. The zero-order valence-electron chi connectivity index (χ0n) is 13.5. The number of morpholine rings is 1. The first-order chi connectivity index (χ1) is 10.7. The van der Waals surface area contributed by atoms with Crippen LogP contribution in [0, 0.1) is 0 Å². The van der Waals surface area contributed by atoms with Gasteiger partial charge in [-0.25, -0.2) is 0 Å². The van der Waals surface area contributed by atoms with E-state index in [1.807, 2.05) is 23.9 Å². The fraction of sp³-hybridized carbons (Fsp3) is 0.562. The van der Waals surface area contributed by atoms with Crippen LogP contribution in [-0.4, -0.2) is 60.7 Å². The number of nitrogens with zero attached hydrogens (tertiary/aromatic N) is 1. The van der Waals surface area contributed by atoms with E-state index in [-0.39, 0.29) is 36.3 Å². The van der Waals surface area contributed by atoms with Gasteiger partial charge in [-0.15, -0.1) is 24.8 Å². The van der Waals surface area contributed by atoms with Crippen LogP contribution in [-0.2, 0) is 4.74 Å². The van der Waals surface area contributed by atoms with Crippen LogP contribution in [0.5, 0.6) is 0 Å². The number of rotatable bonds is 4. The molecule has 3 N–H and O–H groups in total. The Balaban J connectivity index is 0.00000144. The summed E-state index contributed by atoms with van der Waals surface area (Å²) in [6, 6.07) is 7.22. The maximum absolute atomic E-state index is 12.4. The first-order valence-electron chi connectivity index (χ1n) is 7.75. The molecule has 0 aromatic heterocycles. The predicted molar refractivity (Wildman–Crippen MR) is 105 cm³/mol. The Kier molecular flexibility index (Phi) is 8.67. The summed E-state index contributed by atoms with van der Waals surface area (Å²) in [6.45, 7) is 4.14. The molecule has 2 saturated heterocycles. The fourth-order valence-electron chi connectivity index (χ4n) is 3.18. The smallest absolute Gasteiger partial charge is 0.253 e. The number of hydrogen-bond acceptors (Lipinski definition) is 5. The number of thioether (sulfide) groups is 1. The molecular formula is C16H25Cl2N3O2S. The van der Waals surface area contributed by atoms with E-state index in [0.29, 0.717) is 17.8 Å². The number of carbonyl (C=O) groups is 1. The summed E-state index contributed by atoms with van der Waals surface area (Å²) in [4.78, 5) is 14.9. The molecule has 2 aliphatic heterocycles. The Bertz CT molecular complexity index is 536. The van der Waals surface area contributed by atoms with Crippen LogP contribution in [0.15, 0.2) is 24.3 Å². The Morgan fingerprint density at radius 2 is 2.00 bits per heavy atom. The third-order valence-corrected chi connectivity index (χ3v) is 5.78. The van der Waals surface area contributed by atoms with E-state index in [9.17, 15) is 4.79 Å². The lowest BCUT2D eigenvalue weighted by molar-refractivity contribution is -0.0129. The van der Waals surface area contributed by atoms with Crippen LogP contribution >= 0.6 is 36.6 Å². The van der Waals surface area contributed by atoms with Gasteiger partial charge >= 0.3 is 0 Å². The number of nitrogen functional groups attached to an aromatic ring is 1. The van der Waals surface area contributed by atoms with Gasteiger partial charge in [-0.05, 0) is 24.3 Å². The average Bonchev–Trinajstić information content (AvgIpc) is 3.04. The minimum atomic E-state index is -0.0809. The molecule has 0 radical (unpaired) electrons. The lowest BCUT2D eigenvalue weighted by atomic mass is 9.95. The molecule has 1 unspecified atom stereocenters. The molecule has 5 nitrogen and oxygen atoms in total. The van der Waals surface area contributed by atoms with Gasteiger partial charge in [-0.3, -0.25) is 9.69 Å². The van der Waals surface area contributed by atoms with E-state index in [1.165, 1.54) is 0 Å². The zero-order chi connectivity index (χ0) is 15.4. The molecule has 2 fully saturated rings. The van der Waals surface area contributed by atoms with Crippen molar-refractivity contribution >= 4 is 48.2 Å². The van der Waals surface area contributed by atoms with Gasteiger partial charge in [0.1, 0.15) is 0 Å². The van der Waals surface area contributed by atoms with Crippen molar-refractivity contribution in [1.29, 1.82) is 0 Å². The van der Waals surface area contributed by atoms with Crippen molar-refractivity contribution in [2.24, 2.45) is 0 Å². The largest absolute Gasteiger partial charge is 0.398 e. The second-order valence-corrected chi connectivity index (χ2v) is 7.00. The second-order valence-electron chi connectivity index (χ2n) is 5.90. The van der Waals surface area contributed by atoms with Crippen LogP contribution in [0.25, 0.3) is 0 Å². The highest BCUT2D eigenvalue weighted by molar-refractivity contribution is 7.99. The van der Waals surface area contributed by atoms with Crippen molar-refractivity contribution in [3.05, 3.63) is 29.8 Å². The first-order valence-corrected chi connectivity index (χ1v) is 8.90. The number of halogens is 2. The Morgan fingerprint density at radius 3 is 2.62 bits per heavy atom. The lowest BCUT2D eigenvalue weighted by Crippen LogP contribution is -2.59. The Morgan fingerprint density at radius 1 is 1.29 bits per heavy atom. The third kappa shape index (κ3) is 4.70. The number of anilines is 1. The topological polar surface area (TPSA) is 67.6 Å². The van der Waals surface area contributed by atoms with Crippen molar-refractivity contribution in [2.75, 3.05) is 50.1 Å². The van der Waals surface area contributed by atoms with Crippen LogP contribution < -0.4 is 11.1 Å². The number of nitrogens with one attached hydrogen (secondary N) is 1. The SMILES string of the molecule is Cl.Cl.Nc1ccccc1C(=O)NCC1(N2CCOCC2)CCSC1. The van der Waals surface area contributed by atoms with Crippen LogP contribution in [0.2, 0.25) is 0 Å². The highest BCUT2D eigenvalue weighted by Gasteiger charge is 2.40. The maximum Gasteiger partial charge on any atom is 0.253 e. The highest BCUT2D eigenvalue weighted by Crippen LogP contribution is 2.33. The highest BCUT2D eigenvalue weighted by atomic mass is 35.5. The van der Waals surface area contributed by atoms with E-state index in [2.05, 4.69) is 10.2 Å². The van der Waals surface area contributed by atoms with Gasteiger partial charge in [0.2, 0.25) is 0 Å². The average molecular weight is 394 g/mol. The number of benzene rings is 1. The summed E-state index contributed by atoms with van der Waals surface area (Å²) in [5, 5.41) is 3.11. The van der Waals surface area contributed by atoms with Gasteiger partial charge in [0.25, 0.3) is 5.91 Å². The van der Waals surface area contributed by atoms with E-state index < -0.39 is 0 Å². The normalized spacial score (nSPS) is 23.8. The van der Waals surface area contributed by atoms with Crippen LogP contribution in [0.3, 0.4) is 0 Å². The summed E-state index contributed by atoms with van der Waals surface area (Å²) >= 11 is 1.97. The zero-order valence-corrected chi connectivity index (χ0v) is 16.0. The van der Waals surface area contributed by atoms with Crippen molar-refractivity contribution in [2.45, 2.75) is 12.0 Å². The molecule has 0 aliphatic carbocycles. The molecular weight excluding hydrogens is 369 g/mol. The van der Waals surface area contributed by atoms with E-state index >= 15 is 0 Å². The maximum atomic E-state index is 12.4. The fourth-order valence-corrected chi connectivity index (χ4v) is 4.66. The van der Waals surface area contributed by atoms with Gasteiger partial charge < -0.3 is 15.8 Å². The summed E-state index contributed by atoms with van der Waals surface area (Å²) in [5.74, 6) is 2.14. The number of carbonyl (C=O) groups excluding carboxylic acids is 1. The molecule has 1 aromatic rings. The number of hydrogen-bond donors (Lipinski definition) is 2. The number of para-hydroxylation sites is 1. The van der Waals surface area contributed by atoms with Crippen molar-refractivity contribution in [3.8, 4) is 0 Å². The van der Waals surface area contributed by atoms with Gasteiger partial charge in [-0.1, -0.05) is 12.1 Å². The summed E-state index contributed by atoms with van der Waals surface area (Å²) < 4.78 is 5.46. The lowest BCUT2D eigenvalue weighted by Gasteiger charge is -2.43. The van der Waals surface area contributed by atoms with Gasteiger partial charge in [-0.2, -0.15) is 11.8 Å². The molecule has 2 aliphatic rings. The van der Waals surface area contributed by atoms with Crippen molar-refractivity contribution in [3.63, 3.8) is 0 Å². The van der Waals surface area contributed by atoms with E-state index in [4.69, 9.17) is 10.5 Å². The summed E-state index contributed by atoms with van der Waals surface area (Å²) in [7, 11) is 0. The van der Waals surface area contributed by atoms with Gasteiger partial charge in [0.05, 0.1) is 18.8 Å². The number of nitrogens with two attached hydrogens (primary N) is 1. The minimum absolute atomic E-state index is 0. The van der Waals surface area contributed by atoms with Crippen LogP contribution in [0.4, 0.5) is 5.69 Å². The number of amides is 1. The van der Waals surface area contributed by atoms with Gasteiger partial charge in [0.15, 0.2) is 0 Å². The molecule has 8 heteroatoms. The molecule has 1 amide bonds. The molecule has 136 valence electrons. The molecule has 1 atom stereocenters. The van der Waals surface area contributed by atoms with Crippen molar-refractivity contribution < 1.29 is 9.53 Å². The molecule has 0 bridgehead atoms. The summed E-state index contributed by atoms with van der Waals surface area (Å²) in [5.41, 5.74) is 7.04. The van der Waals surface area contributed by atoms with Crippen molar-refractivity contribution in [1.82, 2.24) is 10.2 Å². The minimum Gasteiger partial charge on any atom is -0.398 e. The monoisotopic (exact) mass is 393 g/mol.